The summed E-state index contributed by atoms with van der Waals surface area (Å²) in [7, 11) is 2.17. The molecule has 0 amide bonds. The molecule has 0 aromatic carbocycles. The van der Waals surface area contributed by atoms with Crippen molar-refractivity contribution < 1.29 is 4.74 Å². The van der Waals surface area contributed by atoms with Gasteiger partial charge in [0.05, 0.1) is 22.5 Å². The van der Waals surface area contributed by atoms with Crippen molar-refractivity contribution in [2.24, 2.45) is 0 Å². The van der Waals surface area contributed by atoms with Crippen LogP contribution in [0.1, 0.15) is 31.7 Å². The first kappa shape index (κ1) is 14.0. The van der Waals surface area contributed by atoms with E-state index in [4.69, 9.17) is 4.74 Å². The van der Waals surface area contributed by atoms with E-state index in [0.29, 0.717) is 6.04 Å². The van der Waals surface area contributed by atoms with Crippen LogP contribution in [0.15, 0.2) is 4.47 Å². The second-order valence-electron chi connectivity index (χ2n) is 4.81. The van der Waals surface area contributed by atoms with E-state index in [1.807, 2.05) is 0 Å². The fourth-order valence-electron chi connectivity index (χ4n) is 2.40. The summed E-state index contributed by atoms with van der Waals surface area (Å²) in [5, 5.41) is 4.64. The van der Waals surface area contributed by atoms with Crippen LogP contribution in [0.5, 0.6) is 0 Å². The Morgan fingerprint density at radius 3 is 2.83 bits per heavy atom. The average molecular weight is 316 g/mol. The Morgan fingerprint density at radius 1 is 1.50 bits per heavy atom. The van der Waals surface area contributed by atoms with Crippen molar-refractivity contribution in [1.29, 1.82) is 0 Å². The molecule has 4 nitrogen and oxygen atoms in total. The van der Waals surface area contributed by atoms with Crippen LogP contribution in [-0.4, -0.2) is 41.0 Å². The second-order valence-corrected chi connectivity index (χ2v) is 5.60. The van der Waals surface area contributed by atoms with E-state index in [-0.39, 0.29) is 0 Å². The van der Waals surface area contributed by atoms with Gasteiger partial charge in [-0.05, 0) is 42.7 Å². The van der Waals surface area contributed by atoms with Crippen molar-refractivity contribution in [3.8, 4) is 0 Å². The zero-order valence-corrected chi connectivity index (χ0v) is 13.0. The normalized spacial score (nSPS) is 19.9. The molecule has 0 saturated carbocycles. The predicted octanol–water partition coefficient (Wildman–Crippen LogP) is 2.45. The summed E-state index contributed by atoms with van der Waals surface area (Å²) >= 11 is 3.70. The number of ether oxygens (including phenoxy) is 1. The number of rotatable bonds is 5. The first-order valence-electron chi connectivity index (χ1n) is 6.69. The van der Waals surface area contributed by atoms with E-state index in [1.54, 1.807) is 0 Å². The Balaban J connectivity index is 2.14. The SMILES string of the molecule is CCc1nn(CC)c(CN(C)C2CCOC2)c1Br. The highest BCUT2D eigenvalue weighted by molar-refractivity contribution is 9.10. The Kier molecular flexibility index (Phi) is 4.81. The van der Waals surface area contributed by atoms with Crippen LogP contribution in [0.2, 0.25) is 0 Å². The monoisotopic (exact) mass is 315 g/mol. The van der Waals surface area contributed by atoms with E-state index in [2.05, 4.69) is 51.5 Å². The molecule has 1 atom stereocenters. The van der Waals surface area contributed by atoms with Crippen molar-refractivity contribution >= 4 is 15.9 Å². The number of halogens is 1. The van der Waals surface area contributed by atoms with Crippen LogP contribution < -0.4 is 0 Å². The number of hydrogen-bond acceptors (Lipinski definition) is 3. The summed E-state index contributed by atoms with van der Waals surface area (Å²) in [5.41, 5.74) is 2.44. The van der Waals surface area contributed by atoms with Gasteiger partial charge in [-0.3, -0.25) is 9.58 Å². The molecular formula is C13H22BrN3O. The minimum absolute atomic E-state index is 0.544. The van der Waals surface area contributed by atoms with E-state index < -0.39 is 0 Å². The number of hydrogen-bond donors (Lipinski definition) is 0. The maximum atomic E-state index is 5.45. The molecule has 1 aromatic rings. The largest absolute Gasteiger partial charge is 0.380 e. The third kappa shape index (κ3) is 2.78. The summed E-state index contributed by atoms with van der Waals surface area (Å²) < 4.78 is 8.74. The second kappa shape index (κ2) is 6.17. The first-order valence-corrected chi connectivity index (χ1v) is 7.48. The Hall–Kier alpha value is -0.390. The molecular weight excluding hydrogens is 294 g/mol. The molecule has 0 radical (unpaired) electrons. The zero-order chi connectivity index (χ0) is 13.1. The molecule has 0 N–H and O–H groups in total. The van der Waals surface area contributed by atoms with Gasteiger partial charge in [-0.1, -0.05) is 6.92 Å². The van der Waals surface area contributed by atoms with Crippen LogP contribution >= 0.6 is 15.9 Å². The van der Waals surface area contributed by atoms with Gasteiger partial charge < -0.3 is 4.74 Å². The predicted molar refractivity (Wildman–Crippen MR) is 75.7 cm³/mol. The van der Waals surface area contributed by atoms with Crippen LogP contribution in [0.4, 0.5) is 0 Å². The maximum absolute atomic E-state index is 5.45. The summed E-state index contributed by atoms with van der Waals surface area (Å²) in [6.45, 7) is 7.88. The molecule has 5 heteroatoms. The molecule has 1 fully saturated rings. The van der Waals surface area contributed by atoms with Crippen LogP contribution in [0.3, 0.4) is 0 Å². The van der Waals surface area contributed by atoms with Crippen molar-refractivity contribution in [3.63, 3.8) is 0 Å². The highest BCUT2D eigenvalue weighted by atomic mass is 79.9. The maximum Gasteiger partial charge on any atom is 0.0767 e. The summed E-state index contributed by atoms with van der Waals surface area (Å²) in [6.07, 6.45) is 2.10. The van der Waals surface area contributed by atoms with Crippen LogP contribution in [0.25, 0.3) is 0 Å². The molecule has 1 aromatic heterocycles. The molecule has 102 valence electrons. The minimum Gasteiger partial charge on any atom is -0.380 e. The number of likely N-dealkylation sites (N-methyl/N-ethyl adjacent to an activating group) is 1. The molecule has 0 bridgehead atoms. The highest BCUT2D eigenvalue weighted by Gasteiger charge is 2.23. The van der Waals surface area contributed by atoms with Crippen molar-refractivity contribution in [1.82, 2.24) is 14.7 Å². The molecule has 1 aliphatic heterocycles. The van der Waals surface area contributed by atoms with E-state index >= 15 is 0 Å². The van der Waals surface area contributed by atoms with Gasteiger partial charge in [-0.15, -0.1) is 0 Å². The lowest BCUT2D eigenvalue weighted by Crippen LogP contribution is -2.32. The molecule has 1 saturated heterocycles. The van der Waals surface area contributed by atoms with Crippen molar-refractivity contribution in [2.45, 2.75) is 45.8 Å². The van der Waals surface area contributed by atoms with Crippen LogP contribution in [0, 0.1) is 0 Å². The van der Waals surface area contributed by atoms with Gasteiger partial charge in [0.25, 0.3) is 0 Å². The van der Waals surface area contributed by atoms with E-state index in [1.165, 1.54) is 10.2 Å². The van der Waals surface area contributed by atoms with Crippen molar-refractivity contribution in [2.75, 3.05) is 20.3 Å². The number of nitrogens with zero attached hydrogens (tertiary/aromatic N) is 3. The van der Waals surface area contributed by atoms with Crippen LogP contribution in [-0.2, 0) is 24.2 Å². The number of aryl methyl sites for hydroxylation is 2. The van der Waals surface area contributed by atoms with Gasteiger partial charge in [-0.2, -0.15) is 5.10 Å². The first-order chi connectivity index (χ1) is 8.67. The summed E-state index contributed by atoms with van der Waals surface area (Å²) in [6, 6.07) is 0.544. The Labute approximate surface area is 117 Å². The van der Waals surface area contributed by atoms with Gasteiger partial charge in [0.2, 0.25) is 0 Å². The number of aromatic nitrogens is 2. The average Bonchev–Trinajstić information content (AvgIpc) is 2.99. The molecule has 1 unspecified atom stereocenters. The van der Waals surface area contributed by atoms with E-state index in [0.717, 1.165) is 44.8 Å². The molecule has 2 heterocycles. The fourth-order valence-corrected chi connectivity index (χ4v) is 3.09. The van der Waals surface area contributed by atoms with E-state index in [9.17, 15) is 0 Å². The van der Waals surface area contributed by atoms with Gasteiger partial charge in [0, 0.05) is 25.7 Å². The van der Waals surface area contributed by atoms with Crippen molar-refractivity contribution in [3.05, 3.63) is 15.9 Å². The Morgan fingerprint density at radius 2 is 2.28 bits per heavy atom. The molecule has 2 rings (SSSR count). The summed E-state index contributed by atoms with van der Waals surface area (Å²) in [4.78, 5) is 2.38. The van der Waals surface area contributed by atoms with Gasteiger partial charge in [-0.25, -0.2) is 0 Å². The third-order valence-electron chi connectivity index (χ3n) is 3.62. The third-order valence-corrected chi connectivity index (χ3v) is 4.54. The van der Waals surface area contributed by atoms with Gasteiger partial charge >= 0.3 is 0 Å². The molecule has 0 aliphatic carbocycles. The lowest BCUT2D eigenvalue weighted by Gasteiger charge is -2.23. The molecule has 1 aliphatic rings. The topological polar surface area (TPSA) is 30.3 Å². The quantitative estimate of drug-likeness (QED) is 0.836. The Bertz CT molecular complexity index is 399. The molecule has 18 heavy (non-hydrogen) atoms. The lowest BCUT2D eigenvalue weighted by atomic mass is 10.2. The minimum atomic E-state index is 0.544. The lowest BCUT2D eigenvalue weighted by molar-refractivity contribution is 0.154. The smallest absolute Gasteiger partial charge is 0.0767 e. The van der Waals surface area contributed by atoms with Gasteiger partial charge in [0.1, 0.15) is 0 Å². The fraction of sp³-hybridized carbons (Fsp3) is 0.769. The zero-order valence-electron chi connectivity index (χ0n) is 11.4. The highest BCUT2D eigenvalue weighted by Crippen LogP contribution is 2.24. The van der Waals surface area contributed by atoms with Gasteiger partial charge in [0.15, 0.2) is 0 Å². The summed E-state index contributed by atoms with van der Waals surface area (Å²) in [5.74, 6) is 0. The standard InChI is InChI=1S/C13H22BrN3O/c1-4-11-13(14)12(17(5-2)15-11)8-16(3)10-6-7-18-9-10/h10H,4-9H2,1-3H3. The molecule has 0 spiro atoms.